The monoisotopic (exact) mass is 262 g/mol. The second-order valence-corrected chi connectivity index (χ2v) is 4.91. The Morgan fingerprint density at radius 2 is 2.11 bits per heavy atom. The van der Waals surface area contributed by atoms with Crippen LogP contribution in [-0.2, 0) is 14.0 Å². The molecule has 0 atom stereocenters. The Balaban J connectivity index is 2.05. The first kappa shape index (κ1) is 14.0. The highest BCUT2D eigenvalue weighted by Crippen LogP contribution is 2.29. The third-order valence-electron chi connectivity index (χ3n) is 3.01. The number of hydrogen-bond acceptors (Lipinski definition) is 4. The van der Waals surface area contributed by atoms with E-state index in [4.69, 9.17) is 18.8 Å². The second-order valence-electron chi connectivity index (χ2n) is 4.91. The molecule has 0 aliphatic carbocycles. The molecular formula is C14H19BO4. The highest BCUT2D eigenvalue weighted by Gasteiger charge is 2.42. The first-order valence-corrected chi connectivity index (χ1v) is 6.28. The van der Waals surface area contributed by atoms with E-state index < -0.39 is 12.7 Å². The van der Waals surface area contributed by atoms with Gasteiger partial charge in [0.1, 0.15) is 18.0 Å². The van der Waals surface area contributed by atoms with Crippen LogP contribution >= 0.6 is 0 Å². The Bertz CT molecular complexity index is 459. The molecular weight excluding hydrogens is 243 g/mol. The van der Waals surface area contributed by atoms with Gasteiger partial charge in [-0.2, -0.15) is 0 Å². The normalized spacial score (nSPS) is 17.4. The van der Waals surface area contributed by atoms with E-state index in [1.165, 1.54) is 0 Å². The molecule has 0 aromatic heterocycles. The summed E-state index contributed by atoms with van der Waals surface area (Å²) in [6, 6.07) is 7.67. The summed E-state index contributed by atoms with van der Waals surface area (Å²) in [7, 11) is 1.22. The van der Waals surface area contributed by atoms with Gasteiger partial charge in [0.15, 0.2) is 0 Å². The van der Waals surface area contributed by atoms with E-state index in [-0.39, 0.29) is 0 Å². The molecule has 1 aromatic carbocycles. The van der Waals surface area contributed by atoms with E-state index in [0.29, 0.717) is 19.0 Å². The maximum absolute atomic E-state index is 5.83. The average Bonchev–Trinajstić information content (AvgIpc) is 2.65. The summed E-state index contributed by atoms with van der Waals surface area (Å²) in [5.74, 6) is 1.42. The van der Waals surface area contributed by atoms with Crippen LogP contribution in [0.15, 0.2) is 36.6 Å². The second kappa shape index (κ2) is 5.67. The van der Waals surface area contributed by atoms with Gasteiger partial charge in [-0.05, 0) is 26.0 Å². The van der Waals surface area contributed by atoms with Crippen molar-refractivity contribution in [2.24, 2.45) is 0 Å². The van der Waals surface area contributed by atoms with Crippen LogP contribution < -0.4 is 10.2 Å². The Morgan fingerprint density at radius 3 is 2.74 bits per heavy atom. The van der Waals surface area contributed by atoms with Crippen molar-refractivity contribution in [3.63, 3.8) is 0 Å². The van der Waals surface area contributed by atoms with Crippen LogP contribution in [0.25, 0.3) is 0 Å². The lowest BCUT2D eigenvalue weighted by molar-refractivity contribution is 0.146. The molecule has 0 saturated carbocycles. The summed E-state index contributed by atoms with van der Waals surface area (Å²) in [6.45, 7) is 8.83. The third kappa shape index (κ3) is 3.30. The zero-order valence-corrected chi connectivity index (χ0v) is 11.6. The summed E-state index contributed by atoms with van der Waals surface area (Å²) in [4.78, 5) is 0. The third-order valence-corrected chi connectivity index (χ3v) is 3.01. The van der Waals surface area contributed by atoms with Crippen LogP contribution in [0.1, 0.15) is 13.8 Å². The van der Waals surface area contributed by atoms with E-state index in [1.54, 1.807) is 7.11 Å². The molecule has 1 aromatic rings. The summed E-state index contributed by atoms with van der Waals surface area (Å²) >= 11 is 0. The molecule has 0 N–H and O–H groups in total. The van der Waals surface area contributed by atoms with Gasteiger partial charge >= 0.3 is 7.12 Å². The SMILES string of the molecule is C=C1OB(c2cccc(OCCOC)c2)OC1(C)C. The minimum Gasteiger partial charge on any atom is -0.534 e. The van der Waals surface area contributed by atoms with Crippen molar-refractivity contribution in [2.45, 2.75) is 19.4 Å². The van der Waals surface area contributed by atoms with Crippen LogP contribution in [0.2, 0.25) is 0 Å². The molecule has 1 aliphatic rings. The summed E-state index contributed by atoms with van der Waals surface area (Å²) in [5.41, 5.74) is 0.457. The minimum absolute atomic E-state index is 0.423. The van der Waals surface area contributed by atoms with Crippen molar-refractivity contribution in [1.82, 2.24) is 0 Å². The maximum atomic E-state index is 5.83. The predicted molar refractivity (Wildman–Crippen MR) is 74.6 cm³/mol. The van der Waals surface area contributed by atoms with Crippen molar-refractivity contribution in [3.8, 4) is 5.75 Å². The summed E-state index contributed by atoms with van der Waals surface area (Å²) < 4.78 is 22.0. The smallest absolute Gasteiger partial charge is 0.534 e. The molecule has 1 fully saturated rings. The molecule has 102 valence electrons. The van der Waals surface area contributed by atoms with Gasteiger partial charge in [0, 0.05) is 12.6 Å². The quantitative estimate of drug-likeness (QED) is 0.598. The molecule has 0 unspecified atom stereocenters. The van der Waals surface area contributed by atoms with Crippen molar-refractivity contribution in [1.29, 1.82) is 0 Å². The fraction of sp³-hybridized carbons (Fsp3) is 0.429. The van der Waals surface area contributed by atoms with Crippen molar-refractivity contribution in [2.75, 3.05) is 20.3 Å². The largest absolute Gasteiger partial charge is 0.563 e. The first-order valence-electron chi connectivity index (χ1n) is 6.28. The number of ether oxygens (including phenoxy) is 2. The zero-order valence-electron chi connectivity index (χ0n) is 11.6. The van der Waals surface area contributed by atoms with E-state index >= 15 is 0 Å². The molecule has 1 saturated heterocycles. The summed E-state index contributed by atoms with van der Waals surface area (Å²) in [5, 5.41) is 0. The van der Waals surface area contributed by atoms with Gasteiger partial charge < -0.3 is 18.8 Å². The van der Waals surface area contributed by atoms with Gasteiger partial charge in [0.25, 0.3) is 0 Å². The molecule has 5 heteroatoms. The predicted octanol–water partition coefficient (Wildman–Crippen LogP) is 1.75. The van der Waals surface area contributed by atoms with Crippen molar-refractivity contribution >= 4 is 12.6 Å². The number of benzene rings is 1. The highest BCUT2D eigenvalue weighted by molar-refractivity contribution is 6.62. The maximum Gasteiger partial charge on any atom is 0.563 e. The molecule has 1 heterocycles. The van der Waals surface area contributed by atoms with E-state index in [1.807, 2.05) is 38.1 Å². The van der Waals surface area contributed by atoms with Gasteiger partial charge in [-0.25, -0.2) is 0 Å². The van der Waals surface area contributed by atoms with E-state index in [2.05, 4.69) is 6.58 Å². The van der Waals surface area contributed by atoms with Crippen LogP contribution in [0.5, 0.6) is 5.75 Å². The van der Waals surface area contributed by atoms with Gasteiger partial charge in [-0.3, -0.25) is 0 Å². The number of rotatable bonds is 5. The molecule has 0 radical (unpaired) electrons. The van der Waals surface area contributed by atoms with Gasteiger partial charge in [-0.15, -0.1) is 0 Å². The van der Waals surface area contributed by atoms with Gasteiger partial charge in [0.2, 0.25) is 0 Å². The highest BCUT2D eigenvalue weighted by atomic mass is 16.7. The lowest BCUT2D eigenvalue weighted by atomic mass is 9.79. The Labute approximate surface area is 114 Å². The van der Waals surface area contributed by atoms with E-state index in [0.717, 1.165) is 11.2 Å². The molecule has 0 amide bonds. The van der Waals surface area contributed by atoms with Crippen LogP contribution in [-0.4, -0.2) is 33.0 Å². The topological polar surface area (TPSA) is 36.9 Å². The van der Waals surface area contributed by atoms with Gasteiger partial charge in [-0.1, -0.05) is 18.7 Å². The Morgan fingerprint density at radius 1 is 1.32 bits per heavy atom. The molecule has 2 rings (SSSR count). The van der Waals surface area contributed by atoms with E-state index in [9.17, 15) is 0 Å². The molecule has 0 bridgehead atoms. The zero-order chi connectivity index (χ0) is 13.9. The first-order chi connectivity index (χ1) is 9.03. The average molecular weight is 262 g/mol. The Hall–Kier alpha value is -1.46. The number of methoxy groups -OCH3 is 1. The van der Waals surface area contributed by atoms with Gasteiger partial charge in [0.05, 0.1) is 12.4 Å². The standard InChI is InChI=1S/C14H19BO4/c1-11-14(2,3)19-15(18-11)12-6-5-7-13(10-12)17-9-8-16-4/h5-7,10H,1,8-9H2,2-4H3. The van der Waals surface area contributed by atoms with Crippen LogP contribution in [0.3, 0.4) is 0 Å². The molecule has 4 nitrogen and oxygen atoms in total. The lowest BCUT2D eigenvalue weighted by Crippen LogP contribution is -2.34. The number of hydrogen-bond donors (Lipinski definition) is 0. The van der Waals surface area contributed by atoms with Crippen LogP contribution in [0, 0.1) is 0 Å². The Kier molecular flexibility index (Phi) is 4.17. The molecule has 1 aliphatic heterocycles. The minimum atomic E-state index is -0.461. The fourth-order valence-corrected chi connectivity index (χ4v) is 1.76. The molecule has 19 heavy (non-hydrogen) atoms. The van der Waals surface area contributed by atoms with Crippen LogP contribution in [0.4, 0.5) is 0 Å². The molecule has 0 spiro atoms. The lowest BCUT2D eigenvalue weighted by Gasteiger charge is -2.15. The fourth-order valence-electron chi connectivity index (χ4n) is 1.76. The van der Waals surface area contributed by atoms with Crippen molar-refractivity contribution < 1.29 is 18.8 Å². The summed E-state index contributed by atoms with van der Waals surface area (Å²) in [6.07, 6.45) is 0. The van der Waals surface area contributed by atoms with Crippen molar-refractivity contribution in [3.05, 3.63) is 36.6 Å².